The third-order valence-electron chi connectivity index (χ3n) is 8.94. The molecule has 2 aromatic heterocycles. The van der Waals surface area contributed by atoms with Gasteiger partial charge in [-0.05, 0) is 38.2 Å². The van der Waals surface area contributed by atoms with Gasteiger partial charge in [-0.15, -0.1) is 0 Å². The van der Waals surface area contributed by atoms with E-state index in [1.807, 2.05) is 13.8 Å². The summed E-state index contributed by atoms with van der Waals surface area (Å²) in [5.41, 5.74) is 1.98. The maximum atomic E-state index is 13.9. The fourth-order valence-electron chi connectivity index (χ4n) is 6.32. The highest BCUT2D eigenvalue weighted by Crippen LogP contribution is 2.22. The number of benzene rings is 1. The molecule has 2 aliphatic rings. The Morgan fingerprint density at radius 2 is 1.72 bits per heavy atom. The van der Waals surface area contributed by atoms with Gasteiger partial charge < -0.3 is 36.6 Å². The number of aromatic nitrogens is 3. The second kappa shape index (κ2) is 15.4. The average molecular weight is 690 g/mol. The van der Waals surface area contributed by atoms with E-state index in [4.69, 9.17) is 0 Å². The highest BCUT2D eigenvalue weighted by Gasteiger charge is 2.44. The Bertz CT molecular complexity index is 1760. The van der Waals surface area contributed by atoms with E-state index in [2.05, 4.69) is 36.7 Å². The number of amides is 6. The zero-order valence-corrected chi connectivity index (χ0v) is 28.4. The summed E-state index contributed by atoms with van der Waals surface area (Å²) in [5.74, 6) is -3.76. The van der Waals surface area contributed by atoms with Crippen LogP contribution in [0.2, 0.25) is 0 Å². The van der Waals surface area contributed by atoms with E-state index in [1.165, 1.54) is 22.5 Å². The summed E-state index contributed by atoms with van der Waals surface area (Å²) >= 11 is 0. The van der Waals surface area contributed by atoms with Crippen molar-refractivity contribution in [1.29, 1.82) is 0 Å². The Hall–Kier alpha value is -5.38. The smallest absolute Gasteiger partial charge is 0.254 e. The first kappa shape index (κ1) is 35.9. The van der Waals surface area contributed by atoms with Gasteiger partial charge in [0.25, 0.3) is 5.91 Å². The van der Waals surface area contributed by atoms with Crippen molar-refractivity contribution in [3.8, 4) is 0 Å². The van der Waals surface area contributed by atoms with Crippen LogP contribution < -0.4 is 26.6 Å². The zero-order chi connectivity index (χ0) is 36.1. The Labute approximate surface area is 288 Å². The number of aliphatic hydroxyl groups is 1. The maximum Gasteiger partial charge on any atom is 0.254 e. The molecule has 0 aliphatic carbocycles. The minimum atomic E-state index is -1.46. The molecule has 2 aliphatic heterocycles. The van der Waals surface area contributed by atoms with Crippen LogP contribution in [0.4, 0.5) is 0 Å². The molecule has 0 unspecified atom stereocenters. The molecule has 16 heteroatoms. The lowest BCUT2D eigenvalue weighted by Gasteiger charge is -2.30. The Balaban J connectivity index is 1.44. The van der Waals surface area contributed by atoms with Gasteiger partial charge in [0.15, 0.2) is 5.65 Å². The number of nitrogens with zero attached hydrogens (tertiary/aromatic N) is 4. The van der Waals surface area contributed by atoms with Crippen molar-refractivity contribution in [2.75, 3.05) is 13.2 Å². The molecule has 0 radical (unpaired) electrons. The van der Waals surface area contributed by atoms with Crippen molar-refractivity contribution in [2.24, 2.45) is 5.92 Å². The minimum absolute atomic E-state index is 0.0150. The van der Waals surface area contributed by atoms with Crippen LogP contribution >= 0.6 is 0 Å². The lowest BCUT2D eigenvalue weighted by atomic mass is 10.00. The SMILES string of the molecule is Cc1c(C(=O)N[C@H]2C[C@H]3C(=O)N[C@@H](C)C(=O)N[C@H](c4ccccc4)CC(=O)N[C@@H](CC(C)C)C(=O)N[C@@H](CO)C(=O)N3C2)cnc2ccnn12. The van der Waals surface area contributed by atoms with Crippen molar-refractivity contribution in [1.82, 2.24) is 46.1 Å². The standard InChI is InChI=1S/C34H43N9O7/c1-18(2)12-25-32(48)41-26(17-44)34(50)42-16-22(38-31(47)23-15-35-28-10-11-36-43(28)20(23)4)13-27(42)33(49)37-19(3)30(46)40-24(14-29(45)39-25)21-8-6-5-7-9-21/h5-11,15,18-19,22,24-27,44H,12-14,16-17H2,1-4H3,(H,37,49)(H,38,47)(H,39,45)(H,40,46)(H,41,48)/t19-,22-,24-,25-,26-,27-/m0/s1. The molecular weight excluding hydrogens is 646 g/mol. The van der Waals surface area contributed by atoms with E-state index in [0.29, 0.717) is 16.9 Å². The molecule has 6 amide bonds. The van der Waals surface area contributed by atoms with E-state index in [-0.39, 0.29) is 37.3 Å². The lowest BCUT2D eigenvalue weighted by molar-refractivity contribution is -0.143. The van der Waals surface area contributed by atoms with Crippen LogP contribution in [0.15, 0.2) is 48.8 Å². The monoisotopic (exact) mass is 689 g/mol. The van der Waals surface area contributed by atoms with E-state index in [1.54, 1.807) is 49.5 Å². The molecule has 0 spiro atoms. The minimum Gasteiger partial charge on any atom is -0.394 e. The van der Waals surface area contributed by atoms with Gasteiger partial charge in [-0.3, -0.25) is 28.8 Å². The van der Waals surface area contributed by atoms with Gasteiger partial charge in [-0.25, -0.2) is 9.50 Å². The van der Waals surface area contributed by atoms with Crippen LogP contribution in [0.3, 0.4) is 0 Å². The molecule has 266 valence electrons. The Morgan fingerprint density at radius 1 is 0.980 bits per heavy atom. The van der Waals surface area contributed by atoms with Gasteiger partial charge in [0.1, 0.15) is 24.2 Å². The zero-order valence-electron chi connectivity index (χ0n) is 28.4. The average Bonchev–Trinajstić information content (AvgIpc) is 3.74. The van der Waals surface area contributed by atoms with Crippen molar-refractivity contribution in [2.45, 2.75) is 83.2 Å². The predicted octanol–water partition coefficient (Wildman–Crippen LogP) is -0.489. The van der Waals surface area contributed by atoms with Crippen molar-refractivity contribution < 1.29 is 33.9 Å². The number of rotatable bonds is 6. The largest absolute Gasteiger partial charge is 0.394 e. The fraction of sp³-hybridized carbons (Fsp3) is 0.471. The topological polar surface area (TPSA) is 216 Å². The summed E-state index contributed by atoms with van der Waals surface area (Å²) in [7, 11) is 0. The van der Waals surface area contributed by atoms with E-state index in [0.717, 1.165) is 0 Å². The van der Waals surface area contributed by atoms with Crippen molar-refractivity contribution >= 4 is 41.1 Å². The molecule has 4 heterocycles. The highest BCUT2D eigenvalue weighted by molar-refractivity contribution is 5.98. The van der Waals surface area contributed by atoms with Gasteiger partial charge in [-0.2, -0.15) is 5.10 Å². The van der Waals surface area contributed by atoms with Gasteiger partial charge in [0, 0.05) is 24.8 Å². The van der Waals surface area contributed by atoms with Crippen molar-refractivity contribution in [3.63, 3.8) is 0 Å². The number of aryl methyl sites for hydroxylation is 1. The number of hydrogen-bond acceptors (Lipinski definition) is 9. The molecule has 0 bridgehead atoms. The summed E-state index contributed by atoms with van der Waals surface area (Å²) in [6.45, 7) is 6.01. The molecule has 1 aromatic carbocycles. The molecule has 6 N–H and O–H groups in total. The molecule has 50 heavy (non-hydrogen) atoms. The highest BCUT2D eigenvalue weighted by atomic mass is 16.3. The summed E-state index contributed by atoms with van der Waals surface area (Å²) in [4.78, 5) is 86.8. The van der Waals surface area contributed by atoms with Crippen LogP contribution in [0, 0.1) is 12.8 Å². The molecule has 2 saturated heterocycles. The van der Waals surface area contributed by atoms with E-state index >= 15 is 0 Å². The molecule has 6 atom stereocenters. The Kier molecular flexibility index (Phi) is 11.1. The first-order valence-electron chi connectivity index (χ1n) is 16.6. The first-order valence-corrected chi connectivity index (χ1v) is 16.6. The molecule has 3 aromatic rings. The summed E-state index contributed by atoms with van der Waals surface area (Å²) in [6.07, 6.45) is 2.98. The van der Waals surface area contributed by atoms with Crippen LogP contribution in [0.1, 0.15) is 67.7 Å². The predicted molar refractivity (Wildman–Crippen MR) is 179 cm³/mol. The number of carbonyl (C=O) groups is 6. The third kappa shape index (κ3) is 8.07. The van der Waals surface area contributed by atoms with Crippen LogP contribution in [0.5, 0.6) is 0 Å². The molecule has 2 fully saturated rings. The fourth-order valence-corrected chi connectivity index (χ4v) is 6.32. The number of fused-ring (bicyclic) bond motifs is 2. The summed E-state index contributed by atoms with van der Waals surface area (Å²) in [5, 5.41) is 28.1. The molecule has 0 saturated carbocycles. The number of hydrogen-bond donors (Lipinski definition) is 6. The number of carbonyl (C=O) groups excluding carboxylic acids is 6. The van der Waals surface area contributed by atoms with Gasteiger partial charge in [0.05, 0.1) is 36.5 Å². The number of nitrogens with one attached hydrogen (secondary N) is 5. The molecule has 5 rings (SSSR count). The second-order valence-corrected chi connectivity index (χ2v) is 13.2. The quantitative estimate of drug-likeness (QED) is 0.197. The first-order chi connectivity index (χ1) is 23.9. The normalized spacial score (nSPS) is 25.5. The lowest BCUT2D eigenvalue weighted by Crippen LogP contribution is -2.59. The number of aliphatic hydroxyl groups excluding tert-OH is 1. The maximum absolute atomic E-state index is 13.9. The molecular formula is C34H43N9O7. The van der Waals surface area contributed by atoms with Gasteiger partial charge in [0.2, 0.25) is 29.5 Å². The van der Waals surface area contributed by atoms with E-state index < -0.39 is 78.3 Å². The van der Waals surface area contributed by atoms with Gasteiger partial charge >= 0.3 is 0 Å². The summed E-state index contributed by atoms with van der Waals surface area (Å²) < 4.78 is 1.52. The van der Waals surface area contributed by atoms with Gasteiger partial charge in [-0.1, -0.05) is 44.2 Å². The molecule has 16 nitrogen and oxygen atoms in total. The van der Waals surface area contributed by atoms with Crippen LogP contribution in [-0.4, -0.2) is 103 Å². The van der Waals surface area contributed by atoms with Crippen LogP contribution in [0.25, 0.3) is 5.65 Å². The third-order valence-corrected chi connectivity index (χ3v) is 8.94. The second-order valence-electron chi connectivity index (χ2n) is 13.2. The Morgan fingerprint density at radius 3 is 2.42 bits per heavy atom. The van der Waals surface area contributed by atoms with Crippen LogP contribution in [-0.2, 0) is 24.0 Å². The van der Waals surface area contributed by atoms with Crippen molar-refractivity contribution in [3.05, 3.63) is 65.6 Å². The summed E-state index contributed by atoms with van der Waals surface area (Å²) in [6, 6.07) is 4.28. The van der Waals surface area contributed by atoms with E-state index in [9.17, 15) is 33.9 Å².